The predicted molar refractivity (Wildman–Crippen MR) is 305 cm³/mol. The molecular weight excluding hydrogens is 896 g/mol. The van der Waals surface area contributed by atoms with E-state index in [9.17, 15) is 0 Å². The summed E-state index contributed by atoms with van der Waals surface area (Å²) in [5, 5.41) is 12.9. The molecule has 0 aliphatic heterocycles. The van der Waals surface area contributed by atoms with Crippen molar-refractivity contribution in [1.82, 2.24) is 9.13 Å². The van der Waals surface area contributed by atoms with Crippen LogP contribution in [0.3, 0.4) is 0 Å². The molecule has 2 aromatic heterocycles. The number of para-hydroxylation sites is 4. The van der Waals surface area contributed by atoms with Crippen LogP contribution in [-0.2, 0) is 4.57 Å². The zero-order chi connectivity index (χ0) is 47.6. The molecule has 0 saturated heterocycles. The largest absolute Gasteiger partial charge is 0.309 e. The van der Waals surface area contributed by atoms with E-state index in [1.165, 1.54) is 75.7 Å². The van der Waals surface area contributed by atoms with Gasteiger partial charge < -0.3 is 13.7 Å². The maximum atomic E-state index is 15.0. The molecular formula is C66H49N2OPSi. The number of hydrogen-bond acceptors (Lipinski definition) is 1. The number of nitrogens with zero attached hydrogens (tertiary/aromatic N) is 2. The van der Waals surface area contributed by atoms with Crippen molar-refractivity contribution in [1.29, 1.82) is 0 Å². The first-order valence-electron chi connectivity index (χ1n) is 24.2. The summed E-state index contributed by atoms with van der Waals surface area (Å²) in [6.45, 7) is 0. The van der Waals surface area contributed by atoms with Gasteiger partial charge in [-0.1, -0.05) is 249 Å². The highest BCUT2D eigenvalue weighted by Gasteiger charge is 2.41. The molecule has 338 valence electrons. The number of hydrogen-bond donors (Lipinski definition) is 0. The number of fused-ring (bicyclic) bond motifs is 6. The summed E-state index contributed by atoms with van der Waals surface area (Å²) >= 11 is 0. The molecule has 0 amide bonds. The second-order valence-electron chi connectivity index (χ2n) is 17.9. The number of rotatable bonds is 9. The lowest BCUT2D eigenvalue weighted by molar-refractivity contribution is 0.592. The number of benzene rings is 11. The van der Waals surface area contributed by atoms with E-state index in [0.29, 0.717) is 0 Å². The highest BCUT2D eigenvalue weighted by Crippen LogP contribution is 2.42. The molecule has 0 fully saturated rings. The Kier molecular flexibility index (Phi) is 11.6. The van der Waals surface area contributed by atoms with Crippen molar-refractivity contribution in [3.05, 3.63) is 297 Å². The van der Waals surface area contributed by atoms with Crippen LogP contribution in [0.15, 0.2) is 297 Å². The van der Waals surface area contributed by atoms with Crippen LogP contribution in [-0.4, -0.2) is 17.2 Å². The van der Waals surface area contributed by atoms with Crippen LogP contribution in [0.5, 0.6) is 0 Å². The number of aromatic nitrogens is 2. The average Bonchev–Trinajstić information content (AvgIpc) is 3.98. The molecule has 13 aromatic rings. The van der Waals surface area contributed by atoms with E-state index in [1.54, 1.807) is 0 Å². The second-order valence-corrected chi connectivity index (χ2v) is 24.5. The molecule has 2 heterocycles. The van der Waals surface area contributed by atoms with Crippen LogP contribution < -0.4 is 36.7 Å². The third kappa shape index (κ3) is 7.57. The van der Waals surface area contributed by atoms with Crippen LogP contribution in [0.25, 0.3) is 55.0 Å². The Morgan fingerprint density at radius 3 is 1.00 bits per heavy atom. The molecule has 3 nitrogen and oxygen atoms in total. The minimum atomic E-state index is -3.05. The molecule has 0 unspecified atom stereocenters. The van der Waals surface area contributed by atoms with E-state index in [-0.39, 0.29) is 0 Å². The zero-order valence-electron chi connectivity index (χ0n) is 39.0. The van der Waals surface area contributed by atoms with Gasteiger partial charge in [-0.05, 0) is 69.3 Å². The lowest BCUT2D eigenvalue weighted by Crippen LogP contribution is -2.74. The van der Waals surface area contributed by atoms with E-state index in [2.05, 4.69) is 246 Å². The first kappa shape index (κ1) is 43.7. The van der Waals surface area contributed by atoms with Crippen LogP contribution in [0.4, 0.5) is 0 Å². The summed E-state index contributed by atoms with van der Waals surface area (Å²) in [5.41, 5.74) is 7.30. The van der Waals surface area contributed by atoms with Gasteiger partial charge in [0.25, 0.3) is 0 Å². The molecule has 0 radical (unpaired) electrons. The zero-order valence-corrected chi connectivity index (χ0v) is 40.9. The van der Waals surface area contributed by atoms with Crippen molar-refractivity contribution >= 4 is 95.5 Å². The topological polar surface area (TPSA) is 26.9 Å². The van der Waals surface area contributed by atoms with Gasteiger partial charge in [-0.15, -0.1) is 0 Å². The predicted octanol–water partition coefficient (Wildman–Crippen LogP) is 12.6. The Bertz CT molecular complexity index is 3800. The van der Waals surface area contributed by atoms with Gasteiger partial charge in [0.05, 0.1) is 22.1 Å². The van der Waals surface area contributed by atoms with Gasteiger partial charge in [-0.2, -0.15) is 0 Å². The fraction of sp³-hybridized carbons (Fsp3) is 0. The first-order chi connectivity index (χ1) is 35.1. The summed E-state index contributed by atoms with van der Waals surface area (Å²) in [4.78, 5) is 0. The fourth-order valence-electron chi connectivity index (χ4n) is 10.9. The van der Waals surface area contributed by atoms with Crippen molar-refractivity contribution in [2.45, 2.75) is 0 Å². The van der Waals surface area contributed by atoms with Gasteiger partial charge >= 0.3 is 0 Å². The summed E-state index contributed by atoms with van der Waals surface area (Å²) in [6, 6.07) is 105. The van der Waals surface area contributed by atoms with Gasteiger partial charge in [-0.25, -0.2) is 0 Å². The lowest BCUT2D eigenvalue weighted by Gasteiger charge is -2.34. The second kappa shape index (κ2) is 18.8. The maximum absolute atomic E-state index is 15.0. The van der Waals surface area contributed by atoms with Crippen LogP contribution in [0, 0.1) is 0 Å². The molecule has 11 aromatic carbocycles. The molecule has 0 aliphatic rings. The molecule has 0 bridgehead atoms. The van der Waals surface area contributed by atoms with Gasteiger partial charge in [0.1, 0.15) is 0 Å². The summed E-state index contributed by atoms with van der Waals surface area (Å²) < 4.78 is 19.7. The Morgan fingerprint density at radius 1 is 0.254 bits per heavy atom. The normalized spacial score (nSPS) is 11.7. The molecule has 0 spiro atoms. The smallest absolute Gasteiger partial charge is 0.179 e. The molecule has 0 N–H and O–H groups in total. The minimum Gasteiger partial charge on any atom is -0.309 e. The first-order valence-corrected chi connectivity index (χ1v) is 27.9. The highest BCUT2D eigenvalue weighted by atomic mass is 31.2. The Hall–Kier alpha value is -8.53. The lowest BCUT2D eigenvalue weighted by atomic mass is 10.1. The Labute approximate surface area is 415 Å². The summed E-state index contributed by atoms with van der Waals surface area (Å²) in [5.74, 6) is 0. The molecule has 5 heteroatoms. The van der Waals surface area contributed by atoms with Crippen molar-refractivity contribution in [3.63, 3.8) is 0 Å². The summed E-state index contributed by atoms with van der Waals surface area (Å²) in [6.07, 6.45) is 0. The maximum Gasteiger partial charge on any atom is 0.179 e. The van der Waals surface area contributed by atoms with Gasteiger partial charge in [-0.3, -0.25) is 0 Å². The van der Waals surface area contributed by atoms with Crippen LogP contribution in [0.2, 0.25) is 0 Å². The van der Waals surface area contributed by atoms with Gasteiger partial charge in [0.2, 0.25) is 0 Å². The highest BCUT2D eigenvalue weighted by molar-refractivity contribution is 7.85. The third-order valence-electron chi connectivity index (χ3n) is 14.0. The van der Waals surface area contributed by atoms with Crippen molar-refractivity contribution in [3.8, 4) is 11.4 Å². The average molecular weight is 945 g/mol. The standard InChI is InChI=1S/C36H29OPSi.C30H20N2/c37-38(30-16-6-1-7-17-30,31-18-8-2-9-19-31)32-26-28-36(29-27-32)39(33-20-10-3-11-21-33,34-22-12-4-13-23-34)35-24-14-5-15-25-35;1-2-10-21(11-3-1)31-29-17-9-6-14-25(29)26-20-22(18-19-30(26)31)32-27-15-7-4-12-23(27)24-13-5-8-16-28(24)32/h1-29H;1-20H. The SMILES string of the molecule is O=P(c1ccccc1)(c1ccccc1)c1ccc([Si](c2ccccc2)(c2ccccc2)c2ccccc2)cc1.c1ccc(-n2c3ccccc3c3cc(-n4c5ccccc5c5ccccc54)ccc32)cc1. The molecule has 0 aliphatic carbocycles. The van der Waals surface area contributed by atoms with E-state index < -0.39 is 15.2 Å². The van der Waals surface area contributed by atoms with E-state index >= 15 is 4.57 Å². The van der Waals surface area contributed by atoms with Crippen molar-refractivity contribution in [2.24, 2.45) is 0 Å². The monoisotopic (exact) mass is 944 g/mol. The van der Waals surface area contributed by atoms with Crippen molar-refractivity contribution < 1.29 is 4.57 Å². The van der Waals surface area contributed by atoms with Crippen LogP contribution >= 0.6 is 7.14 Å². The Balaban J connectivity index is 0.000000148. The van der Waals surface area contributed by atoms with E-state index in [0.717, 1.165) is 15.9 Å². The fourth-order valence-corrected chi connectivity index (χ4v) is 18.3. The summed E-state index contributed by atoms with van der Waals surface area (Å²) in [7, 11) is -5.68. The minimum absolute atomic E-state index is 0.848. The van der Waals surface area contributed by atoms with Crippen molar-refractivity contribution in [2.75, 3.05) is 0 Å². The molecule has 71 heavy (non-hydrogen) atoms. The third-order valence-corrected chi connectivity index (χ3v) is 21.9. The molecule has 0 saturated carbocycles. The van der Waals surface area contributed by atoms with Crippen LogP contribution in [0.1, 0.15) is 0 Å². The van der Waals surface area contributed by atoms with Gasteiger partial charge in [0, 0.05) is 48.8 Å². The molecule has 13 rings (SSSR count). The van der Waals surface area contributed by atoms with Gasteiger partial charge in [0.15, 0.2) is 15.2 Å². The Morgan fingerprint density at radius 2 is 0.563 bits per heavy atom. The van der Waals surface area contributed by atoms with E-state index in [1.807, 2.05) is 60.7 Å². The quantitative estimate of drug-likeness (QED) is 0.0805. The molecule has 0 atom stereocenters. The van der Waals surface area contributed by atoms with E-state index in [4.69, 9.17) is 0 Å².